The lowest BCUT2D eigenvalue weighted by atomic mass is 10.1. The molecule has 8 heteroatoms. The quantitative estimate of drug-likeness (QED) is 0.367. The maximum Gasteiger partial charge on any atom is 0.331 e. The highest BCUT2D eigenvalue weighted by molar-refractivity contribution is 6.53. The topological polar surface area (TPSA) is 79.1 Å². The van der Waals surface area contributed by atoms with Crippen LogP contribution < -0.4 is 15.0 Å². The van der Waals surface area contributed by atoms with E-state index in [0.29, 0.717) is 17.1 Å². The molecule has 2 amide bonds. The molecule has 0 atom stereocenters. The van der Waals surface area contributed by atoms with Crippen molar-refractivity contribution in [2.75, 3.05) is 4.90 Å². The second-order valence-electron chi connectivity index (χ2n) is 8.53. The van der Waals surface area contributed by atoms with Gasteiger partial charge < -0.3 is 0 Å². The highest BCUT2D eigenvalue weighted by Crippen LogP contribution is 2.33. The fourth-order valence-corrected chi connectivity index (χ4v) is 4.33. The Kier molecular flexibility index (Phi) is 5.28. The molecule has 1 aliphatic heterocycles. The van der Waals surface area contributed by atoms with Crippen molar-refractivity contribution in [1.29, 1.82) is 0 Å². The van der Waals surface area contributed by atoms with Crippen LogP contribution in [0.5, 0.6) is 0 Å². The first kappa shape index (κ1) is 22.2. The van der Waals surface area contributed by atoms with E-state index in [1.54, 1.807) is 48.1 Å². The molecule has 0 fully saturated rings. The summed E-state index contributed by atoms with van der Waals surface area (Å²) in [5, 5.41) is 2.96. The van der Waals surface area contributed by atoms with E-state index in [1.807, 2.05) is 26.0 Å². The first-order chi connectivity index (χ1) is 16.8. The van der Waals surface area contributed by atoms with Crippen LogP contribution in [0.15, 0.2) is 77.9 Å². The Morgan fingerprint density at radius 2 is 1.54 bits per heavy atom. The second kappa shape index (κ2) is 8.32. The number of aromatic nitrogens is 3. The number of carbonyl (C=O) groups excluding carboxylic acids is 2. The van der Waals surface area contributed by atoms with Crippen LogP contribution in [0, 0.1) is 26.6 Å². The lowest BCUT2D eigenvalue weighted by Gasteiger charge is -2.14. The molecule has 5 rings (SSSR count). The summed E-state index contributed by atoms with van der Waals surface area (Å²) >= 11 is 0. The van der Waals surface area contributed by atoms with Gasteiger partial charge in [-0.25, -0.2) is 14.0 Å². The van der Waals surface area contributed by atoms with Crippen molar-refractivity contribution >= 4 is 28.8 Å². The van der Waals surface area contributed by atoms with Crippen molar-refractivity contribution in [1.82, 2.24) is 9.78 Å². The number of amides is 2. The Bertz CT molecular complexity index is 1600. The van der Waals surface area contributed by atoms with E-state index in [9.17, 15) is 18.8 Å². The third-order valence-corrected chi connectivity index (χ3v) is 5.93. The van der Waals surface area contributed by atoms with Crippen molar-refractivity contribution < 1.29 is 18.5 Å². The van der Waals surface area contributed by atoms with E-state index in [2.05, 4.69) is 5.10 Å². The molecule has 0 saturated heterocycles. The van der Waals surface area contributed by atoms with Crippen LogP contribution in [-0.4, -0.2) is 21.6 Å². The number of rotatable bonds is 4. The maximum absolute atomic E-state index is 13.8. The summed E-state index contributed by atoms with van der Waals surface area (Å²) in [5.74, 6) is -1.55. The van der Waals surface area contributed by atoms with Crippen molar-refractivity contribution in [3.05, 3.63) is 112 Å². The number of hydrogen-bond donors (Lipinski definition) is 1. The summed E-state index contributed by atoms with van der Waals surface area (Å²) in [7, 11) is 0. The van der Waals surface area contributed by atoms with E-state index in [1.165, 1.54) is 28.9 Å². The van der Waals surface area contributed by atoms with E-state index >= 15 is 0 Å². The zero-order valence-corrected chi connectivity index (χ0v) is 19.4. The van der Waals surface area contributed by atoms with E-state index in [4.69, 9.17) is 0 Å². The number of hydrogen-bond acceptors (Lipinski definition) is 3. The van der Waals surface area contributed by atoms with Gasteiger partial charge in [-0.2, -0.15) is 4.57 Å². The minimum absolute atomic E-state index is 0.00622. The number of anilines is 1. The fraction of sp³-hybridized carbons (Fsp3) is 0.111. The molecular weight excluding hydrogens is 447 g/mol. The van der Waals surface area contributed by atoms with Gasteiger partial charge in [-0.05, 0) is 68.8 Å². The summed E-state index contributed by atoms with van der Waals surface area (Å²) in [4.78, 5) is 42.2. The summed E-state index contributed by atoms with van der Waals surface area (Å²) < 4.78 is 16.3. The molecule has 3 heterocycles. The van der Waals surface area contributed by atoms with Crippen LogP contribution in [0.2, 0.25) is 0 Å². The molecule has 174 valence electrons. The number of pyridine rings is 1. The summed E-state index contributed by atoms with van der Waals surface area (Å²) in [6.45, 7) is 5.41. The molecular formula is C27H22FN4O3+. The standard InChI is InChI=1S/C27H21FN4O3/c1-16-6-4-8-21(14-16)31-25(33)23(24(27(31)35)30-13-5-7-17(2)15-30)22-18(3)29-32(26(22)34)20-11-9-19(28)10-12-20/h4-15H,1-3H3/p+1. The molecule has 0 saturated carbocycles. The molecule has 1 aliphatic rings. The van der Waals surface area contributed by atoms with Crippen LogP contribution in [0.25, 0.3) is 17.0 Å². The van der Waals surface area contributed by atoms with Gasteiger partial charge in [-0.15, -0.1) is 0 Å². The van der Waals surface area contributed by atoms with Gasteiger partial charge in [0.2, 0.25) is 0 Å². The Morgan fingerprint density at radius 1 is 0.829 bits per heavy atom. The summed E-state index contributed by atoms with van der Waals surface area (Å²) in [6.07, 6.45) is 3.41. The van der Waals surface area contributed by atoms with Gasteiger partial charge in [0.05, 0.1) is 16.9 Å². The van der Waals surface area contributed by atoms with Gasteiger partial charge in [0, 0.05) is 17.3 Å². The molecule has 4 aromatic rings. The predicted octanol–water partition coefficient (Wildman–Crippen LogP) is 3.46. The smallest absolute Gasteiger partial charge is 0.295 e. The van der Waals surface area contributed by atoms with Gasteiger partial charge in [-0.3, -0.25) is 19.5 Å². The molecule has 35 heavy (non-hydrogen) atoms. The Morgan fingerprint density at radius 3 is 2.23 bits per heavy atom. The molecule has 1 N–H and O–H groups in total. The number of aromatic amines is 1. The summed E-state index contributed by atoms with van der Waals surface area (Å²) in [5.41, 5.74) is 2.68. The minimum atomic E-state index is -0.588. The van der Waals surface area contributed by atoms with Gasteiger partial charge >= 0.3 is 5.91 Å². The second-order valence-corrected chi connectivity index (χ2v) is 8.53. The normalized spacial score (nSPS) is 13.8. The summed E-state index contributed by atoms with van der Waals surface area (Å²) in [6, 6.07) is 16.1. The molecule has 0 aliphatic carbocycles. The zero-order chi connectivity index (χ0) is 24.9. The Labute approximate surface area is 200 Å². The number of halogens is 1. The number of carbonyl (C=O) groups is 2. The van der Waals surface area contributed by atoms with Crippen LogP contribution in [0.1, 0.15) is 22.4 Å². The lowest BCUT2D eigenvalue weighted by molar-refractivity contribution is -0.577. The van der Waals surface area contributed by atoms with Crippen molar-refractivity contribution in [2.45, 2.75) is 20.8 Å². The first-order valence-corrected chi connectivity index (χ1v) is 11.0. The van der Waals surface area contributed by atoms with Crippen LogP contribution >= 0.6 is 0 Å². The maximum atomic E-state index is 13.8. The SMILES string of the molecule is Cc1cccc(N2C(=O)C(c3c(C)[nH]n(-c4ccc(F)cc4)c3=O)=C([n+]3cccc(C)c3)C2=O)c1. The fourth-order valence-electron chi connectivity index (χ4n) is 4.33. The molecule has 2 aromatic carbocycles. The van der Waals surface area contributed by atoms with Gasteiger partial charge in [0.1, 0.15) is 11.4 Å². The number of H-pyrrole nitrogens is 1. The monoisotopic (exact) mass is 469 g/mol. The van der Waals surface area contributed by atoms with Crippen LogP contribution in [-0.2, 0) is 9.59 Å². The Balaban J connectivity index is 1.76. The minimum Gasteiger partial charge on any atom is -0.295 e. The number of nitrogens with one attached hydrogen (secondary N) is 1. The molecule has 0 spiro atoms. The molecule has 0 bridgehead atoms. The highest BCUT2D eigenvalue weighted by atomic mass is 19.1. The number of benzene rings is 2. The predicted molar refractivity (Wildman–Crippen MR) is 129 cm³/mol. The average molecular weight is 469 g/mol. The molecule has 0 radical (unpaired) electrons. The van der Waals surface area contributed by atoms with Gasteiger partial charge in [0.25, 0.3) is 17.2 Å². The Hall–Kier alpha value is -4.59. The van der Waals surface area contributed by atoms with Gasteiger partial charge in [-0.1, -0.05) is 12.1 Å². The zero-order valence-electron chi connectivity index (χ0n) is 19.4. The van der Waals surface area contributed by atoms with E-state index < -0.39 is 23.2 Å². The molecule has 2 aromatic heterocycles. The third kappa shape index (κ3) is 3.69. The number of nitrogens with zero attached hydrogens (tertiary/aromatic N) is 3. The average Bonchev–Trinajstić information content (AvgIpc) is 3.25. The third-order valence-electron chi connectivity index (χ3n) is 5.93. The van der Waals surface area contributed by atoms with Gasteiger partial charge in [0.15, 0.2) is 12.4 Å². The first-order valence-electron chi connectivity index (χ1n) is 11.0. The van der Waals surface area contributed by atoms with E-state index in [-0.39, 0.29) is 16.8 Å². The van der Waals surface area contributed by atoms with Crippen molar-refractivity contribution in [3.63, 3.8) is 0 Å². The molecule has 0 unspecified atom stereocenters. The van der Waals surface area contributed by atoms with Crippen molar-refractivity contribution in [2.24, 2.45) is 0 Å². The highest BCUT2D eigenvalue weighted by Gasteiger charge is 2.48. The molecule has 7 nitrogen and oxygen atoms in total. The number of imide groups is 1. The largest absolute Gasteiger partial charge is 0.331 e. The lowest BCUT2D eigenvalue weighted by Crippen LogP contribution is -2.39. The number of aryl methyl sites for hydroxylation is 3. The van der Waals surface area contributed by atoms with E-state index in [0.717, 1.165) is 16.0 Å². The van der Waals surface area contributed by atoms with Crippen LogP contribution in [0.3, 0.4) is 0 Å². The van der Waals surface area contributed by atoms with Crippen LogP contribution in [0.4, 0.5) is 10.1 Å². The van der Waals surface area contributed by atoms with Crippen molar-refractivity contribution in [3.8, 4) is 5.69 Å².